The number of benzene rings is 2. The molecule has 2 aromatic carbocycles. The van der Waals surface area contributed by atoms with Crippen LogP contribution in [0.4, 0.5) is 8.78 Å². The Bertz CT molecular complexity index is 887. The van der Waals surface area contributed by atoms with Gasteiger partial charge in [0.05, 0.1) is 7.11 Å². The van der Waals surface area contributed by atoms with Gasteiger partial charge in [-0.25, -0.2) is 0 Å². The number of halogens is 4. The van der Waals surface area contributed by atoms with Crippen LogP contribution >= 0.6 is 35.6 Å². The summed E-state index contributed by atoms with van der Waals surface area (Å²) in [6, 6.07) is 11.2. The number of nitrogens with zero attached hydrogens (tertiary/aromatic N) is 1. The minimum absolute atomic E-state index is 0. The van der Waals surface area contributed by atoms with E-state index >= 15 is 0 Å². The van der Waals surface area contributed by atoms with Crippen molar-refractivity contribution in [1.82, 2.24) is 16.0 Å². The number of nitrogens with one attached hydrogen (secondary N) is 3. The highest BCUT2D eigenvalue weighted by atomic mass is 127. The number of hydrogen-bond donors (Lipinski definition) is 3. The van der Waals surface area contributed by atoms with Gasteiger partial charge in [-0.2, -0.15) is 8.78 Å². The normalized spacial score (nSPS) is 10.8. The second kappa shape index (κ2) is 13.9. The van der Waals surface area contributed by atoms with Crippen LogP contribution in [0.25, 0.3) is 0 Å². The predicted molar refractivity (Wildman–Crippen MR) is 127 cm³/mol. The zero-order valence-corrected chi connectivity index (χ0v) is 20.0. The Morgan fingerprint density at radius 3 is 2.55 bits per heavy atom. The molecule has 0 bridgehead atoms. The third-order valence-corrected chi connectivity index (χ3v) is 4.18. The van der Waals surface area contributed by atoms with Gasteiger partial charge in [0.15, 0.2) is 5.96 Å². The molecule has 0 aliphatic carbocycles. The van der Waals surface area contributed by atoms with Crippen LogP contribution in [0, 0.1) is 0 Å². The van der Waals surface area contributed by atoms with Crippen molar-refractivity contribution in [3.8, 4) is 11.5 Å². The summed E-state index contributed by atoms with van der Waals surface area (Å²) >= 11 is 5.94. The molecule has 0 saturated heterocycles. The van der Waals surface area contributed by atoms with Crippen LogP contribution in [-0.2, 0) is 6.54 Å². The molecular weight excluding hydrogens is 545 g/mol. The van der Waals surface area contributed by atoms with Crippen LogP contribution in [0.15, 0.2) is 47.5 Å². The first-order valence-electron chi connectivity index (χ1n) is 9.03. The number of methoxy groups -OCH3 is 1. The Kier molecular flexibility index (Phi) is 11.9. The number of hydrogen-bond acceptors (Lipinski definition) is 4. The number of aliphatic imine (C=N–C) groups is 1. The lowest BCUT2D eigenvalue weighted by Gasteiger charge is -2.15. The van der Waals surface area contributed by atoms with Crippen molar-refractivity contribution in [2.45, 2.75) is 13.2 Å². The van der Waals surface area contributed by atoms with E-state index in [-0.39, 0.29) is 42.2 Å². The first-order valence-corrected chi connectivity index (χ1v) is 9.40. The molecule has 2 aromatic rings. The lowest BCUT2D eigenvalue weighted by atomic mass is 10.2. The zero-order chi connectivity index (χ0) is 21.9. The predicted octanol–water partition coefficient (Wildman–Crippen LogP) is 3.66. The standard InChI is InChI=1S/C20H23ClF2N4O3.HI/c1-24-20(27-12-14-10-15(21)6-7-17(14)30-19(22)23)26-9-8-25-18(28)13-4-3-5-16(11-13)29-2;/h3-7,10-11,19H,8-9,12H2,1-2H3,(H,25,28)(H2,24,26,27);1H. The average molecular weight is 569 g/mol. The molecule has 0 atom stereocenters. The van der Waals surface area contributed by atoms with Gasteiger partial charge in [-0.05, 0) is 36.4 Å². The van der Waals surface area contributed by atoms with Gasteiger partial charge in [0, 0.05) is 42.8 Å². The Hall–Kier alpha value is -2.34. The molecule has 0 aliphatic rings. The van der Waals surface area contributed by atoms with E-state index in [0.29, 0.717) is 40.9 Å². The molecule has 11 heteroatoms. The highest BCUT2D eigenvalue weighted by Gasteiger charge is 2.11. The van der Waals surface area contributed by atoms with Gasteiger partial charge in [0.1, 0.15) is 11.5 Å². The number of alkyl halides is 2. The molecule has 0 aromatic heterocycles. The Morgan fingerprint density at radius 1 is 1.13 bits per heavy atom. The number of carbonyl (C=O) groups is 1. The number of carbonyl (C=O) groups excluding carboxylic acids is 1. The lowest BCUT2D eigenvalue weighted by Crippen LogP contribution is -2.41. The fourth-order valence-corrected chi connectivity index (χ4v) is 2.71. The minimum atomic E-state index is -2.93. The summed E-state index contributed by atoms with van der Waals surface area (Å²) in [7, 11) is 3.10. The summed E-state index contributed by atoms with van der Waals surface area (Å²) in [4.78, 5) is 16.2. The molecule has 1 amide bonds. The van der Waals surface area contributed by atoms with Gasteiger partial charge >= 0.3 is 6.61 Å². The topological polar surface area (TPSA) is 84.0 Å². The number of rotatable bonds is 9. The molecule has 7 nitrogen and oxygen atoms in total. The third kappa shape index (κ3) is 9.13. The van der Waals surface area contributed by atoms with E-state index in [4.69, 9.17) is 16.3 Å². The molecule has 0 saturated carbocycles. The maximum absolute atomic E-state index is 12.5. The summed E-state index contributed by atoms with van der Waals surface area (Å²) in [5.41, 5.74) is 0.946. The Morgan fingerprint density at radius 2 is 1.87 bits per heavy atom. The van der Waals surface area contributed by atoms with Crippen molar-refractivity contribution in [1.29, 1.82) is 0 Å². The van der Waals surface area contributed by atoms with Gasteiger partial charge < -0.3 is 25.4 Å². The highest BCUT2D eigenvalue weighted by Crippen LogP contribution is 2.24. The summed E-state index contributed by atoms with van der Waals surface area (Å²) in [5.74, 6) is 0.824. The molecule has 0 radical (unpaired) electrons. The van der Waals surface area contributed by atoms with E-state index in [1.54, 1.807) is 31.3 Å². The molecule has 170 valence electrons. The molecule has 0 aliphatic heterocycles. The van der Waals surface area contributed by atoms with E-state index in [1.807, 2.05) is 0 Å². The van der Waals surface area contributed by atoms with Crippen LogP contribution < -0.4 is 25.4 Å². The zero-order valence-electron chi connectivity index (χ0n) is 17.0. The molecule has 31 heavy (non-hydrogen) atoms. The molecule has 0 unspecified atom stereocenters. The quantitative estimate of drug-likeness (QED) is 0.186. The van der Waals surface area contributed by atoms with Gasteiger partial charge in [-0.3, -0.25) is 9.79 Å². The fourth-order valence-electron chi connectivity index (χ4n) is 2.52. The highest BCUT2D eigenvalue weighted by molar-refractivity contribution is 14.0. The Labute approximate surface area is 201 Å². The lowest BCUT2D eigenvalue weighted by molar-refractivity contribution is -0.0504. The van der Waals surface area contributed by atoms with E-state index in [9.17, 15) is 13.6 Å². The number of amides is 1. The van der Waals surface area contributed by atoms with Crippen molar-refractivity contribution < 1.29 is 23.0 Å². The third-order valence-electron chi connectivity index (χ3n) is 3.94. The SMILES string of the molecule is CN=C(NCCNC(=O)c1cccc(OC)c1)NCc1cc(Cl)ccc1OC(F)F.I. The largest absolute Gasteiger partial charge is 0.497 e. The van der Waals surface area contributed by atoms with Crippen molar-refractivity contribution in [3.63, 3.8) is 0 Å². The summed E-state index contributed by atoms with van der Waals surface area (Å²) < 4.78 is 34.7. The van der Waals surface area contributed by atoms with E-state index in [2.05, 4.69) is 25.7 Å². The summed E-state index contributed by atoms with van der Waals surface area (Å²) in [5, 5.41) is 9.19. The van der Waals surface area contributed by atoms with Gasteiger partial charge in [0.25, 0.3) is 5.91 Å². The first kappa shape index (κ1) is 26.7. The Balaban J connectivity index is 0.00000480. The fraction of sp³-hybridized carbons (Fsp3) is 0.300. The van der Waals surface area contributed by atoms with Gasteiger partial charge in [-0.15, -0.1) is 24.0 Å². The molecule has 0 fully saturated rings. The maximum Gasteiger partial charge on any atom is 0.387 e. The summed E-state index contributed by atoms with van der Waals surface area (Å²) in [6.07, 6.45) is 0. The van der Waals surface area contributed by atoms with Crippen LogP contribution in [0.2, 0.25) is 5.02 Å². The molecule has 0 heterocycles. The van der Waals surface area contributed by atoms with Crippen molar-refractivity contribution >= 4 is 47.4 Å². The molecule has 3 N–H and O–H groups in total. The minimum Gasteiger partial charge on any atom is -0.497 e. The average Bonchev–Trinajstić information content (AvgIpc) is 2.74. The van der Waals surface area contributed by atoms with Crippen molar-refractivity contribution in [3.05, 3.63) is 58.6 Å². The summed E-state index contributed by atoms with van der Waals surface area (Å²) in [6.45, 7) is -2.03. The van der Waals surface area contributed by atoms with Crippen LogP contribution in [0.5, 0.6) is 11.5 Å². The van der Waals surface area contributed by atoms with E-state index in [1.165, 1.54) is 25.3 Å². The molecule has 0 spiro atoms. The van der Waals surface area contributed by atoms with Gasteiger partial charge in [-0.1, -0.05) is 17.7 Å². The van der Waals surface area contributed by atoms with Crippen molar-refractivity contribution in [2.24, 2.45) is 4.99 Å². The number of ether oxygens (including phenoxy) is 2. The number of guanidine groups is 1. The van der Waals surface area contributed by atoms with Gasteiger partial charge in [0.2, 0.25) is 0 Å². The first-order chi connectivity index (χ1) is 14.4. The second-order valence-corrected chi connectivity index (χ2v) is 6.41. The maximum atomic E-state index is 12.5. The smallest absolute Gasteiger partial charge is 0.387 e. The van der Waals surface area contributed by atoms with Crippen LogP contribution in [-0.4, -0.2) is 45.7 Å². The second-order valence-electron chi connectivity index (χ2n) is 5.97. The monoisotopic (exact) mass is 568 g/mol. The van der Waals surface area contributed by atoms with Crippen molar-refractivity contribution in [2.75, 3.05) is 27.2 Å². The van der Waals surface area contributed by atoms with E-state index in [0.717, 1.165) is 0 Å². The van der Waals surface area contributed by atoms with Crippen LogP contribution in [0.3, 0.4) is 0 Å². The molecule has 2 rings (SSSR count). The van der Waals surface area contributed by atoms with E-state index < -0.39 is 6.61 Å². The van der Waals surface area contributed by atoms with Crippen LogP contribution in [0.1, 0.15) is 15.9 Å². The molecular formula is C20H24ClF2IN4O3.